The molecule has 112 valence electrons. The second-order valence-corrected chi connectivity index (χ2v) is 6.35. The molecule has 0 spiro atoms. The van der Waals surface area contributed by atoms with Gasteiger partial charge in [0, 0.05) is 11.6 Å². The Labute approximate surface area is 131 Å². The molecule has 0 aliphatic rings. The van der Waals surface area contributed by atoms with Crippen LogP contribution < -0.4 is 0 Å². The maximum Gasteiger partial charge on any atom is 0.418 e. The van der Waals surface area contributed by atoms with Gasteiger partial charge >= 0.3 is 6.09 Å². The van der Waals surface area contributed by atoms with Gasteiger partial charge in [-0.2, -0.15) is 12.6 Å². The van der Waals surface area contributed by atoms with Crippen molar-refractivity contribution in [1.29, 1.82) is 0 Å². The lowest BCUT2D eigenvalue weighted by Gasteiger charge is -2.19. The number of carbonyl (C=O) groups is 1. The third-order valence-corrected chi connectivity index (χ3v) is 3.17. The van der Waals surface area contributed by atoms with Gasteiger partial charge < -0.3 is 4.74 Å². The van der Waals surface area contributed by atoms with Crippen molar-refractivity contribution in [2.45, 2.75) is 32.8 Å². The van der Waals surface area contributed by atoms with Gasteiger partial charge in [-0.05, 0) is 56.7 Å². The molecule has 0 atom stereocenters. The molecule has 0 aliphatic carbocycles. The first-order valence-electron chi connectivity index (χ1n) is 7.02. The summed E-state index contributed by atoms with van der Waals surface area (Å²) in [6.45, 7) is 5.59. The van der Waals surface area contributed by atoms with Gasteiger partial charge in [0.15, 0.2) is 0 Å². The second-order valence-electron chi connectivity index (χ2n) is 5.90. The van der Waals surface area contributed by atoms with E-state index in [4.69, 9.17) is 4.74 Å². The molecule has 0 aliphatic heterocycles. The zero-order valence-corrected chi connectivity index (χ0v) is 13.6. The Morgan fingerprint density at radius 1 is 1.33 bits per heavy atom. The lowest BCUT2D eigenvalue weighted by Crippen LogP contribution is -2.26. The van der Waals surface area contributed by atoms with E-state index < -0.39 is 5.60 Å². The summed E-state index contributed by atoms with van der Waals surface area (Å²) in [5, 5.41) is 1.02. The summed E-state index contributed by atoms with van der Waals surface area (Å²) in [6.07, 6.45) is 6.51. The van der Waals surface area contributed by atoms with E-state index in [2.05, 4.69) is 30.8 Å². The minimum absolute atomic E-state index is 0.351. The third kappa shape index (κ3) is 4.14. The van der Waals surface area contributed by atoms with Gasteiger partial charge in [-0.15, -0.1) is 0 Å². The van der Waals surface area contributed by atoms with Crippen molar-refractivity contribution < 1.29 is 9.53 Å². The molecule has 0 saturated carbocycles. The van der Waals surface area contributed by atoms with E-state index in [1.165, 1.54) is 0 Å². The van der Waals surface area contributed by atoms with E-state index in [0.717, 1.165) is 28.6 Å². The van der Waals surface area contributed by atoms with Crippen LogP contribution in [0.3, 0.4) is 0 Å². The van der Waals surface area contributed by atoms with Gasteiger partial charge in [0.2, 0.25) is 0 Å². The summed E-state index contributed by atoms with van der Waals surface area (Å²) in [7, 11) is 0. The number of ether oxygens (including phenoxy) is 1. The molecular weight excluding hydrogens is 282 g/mol. The fourth-order valence-electron chi connectivity index (χ4n) is 2.03. The molecule has 0 N–H and O–H groups in total. The van der Waals surface area contributed by atoms with Crippen molar-refractivity contribution in [3.63, 3.8) is 0 Å². The lowest BCUT2D eigenvalue weighted by atomic mass is 10.1. The molecule has 21 heavy (non-hydrogen) atoms. The number of fused-ring (bicyclic) bond motifs is 1. The van der Waals surface area contributed by atoms with Gasteiger partial charge in [0.1, 0.15) is 5.60 Å². The van der Waals surface area contributed by atoms with Crippen LogP contribution in [0.15, 0.2) is 36.5 Å². The van der Waals surface area contributed by atoms with Gasteiger partial charge in [0.05, 0.1) is 5.52 Å². The Kier molecular flexibility index (Phi) is 4.78. The van der Waals surface area contributed by atoms with Crippen LogP contribution in [-0.4, -0.2) is 22.0 Å². The lowest BCUT2D eigenvalue weighted by molar-refractivity contribution is 0.0544. The number of hydrogen-bond donors (Lipinski definition) is 1. The third-order valence-electron chi connectivity index (χ3n) is 2.91. The molecule has 0 amide bonds. The Morgan fingerprint density at radius 3 is 2.76 bits per heavy atom. The van der Waals surface area contributed by atoms with Crippen molar-refractivity contribution in [3.05, 3.63) is 42.1 Å². The number of carbonyl (C=O) groups excluding carboxylic acids is 1. The highest BCUT2D eigenvalue weighted by Crippen LogP contribution is 2.20. The monoisotopic (exact) mass is 303 g/mol. The topological polar surface area (TPSA) is 31.2 Å². The average molecular weight is 303 g/mol. The fourth-order valence-corrected chi connectivity index (χ4v) is 2.18. The molecule has 0 radical (unpaired) electrons. The smallest absolute Gasteiger partial charge is 0.418 e. The molecule has 2 rings (SSSR count). The van der Waals surface area contributed by atoms with Crippen LogP contribution in [0.1, 0.15) is 32.8 Å². The van der Waals surface area contributed by atoms with Crippen LogP contribution in [0, 0.1) is 0 Å². The van der Waals surface area contributed by atoms with Gasteiger partial charge in [-0.1, -0.05) is 18.2 Å². The molecule has 4 heteroatoms. The van der Waals surface area contributed by atoms with E-state index in [-0.39, 0.29) is 6.09 Å². The summed E-state index contributed by atoms with van der Waals surface area (Å²) >= 11 is 4.18. The highest BCUT2D eigenvalue weighted by Gasteiger charge is 2.18. The van der Waals surface area contributed by atoms with Crippen LogP contribution in [-0.2, 0) is 4.74 Å². The maximum absolute atomic E-state index is 12.1. The normalized spacial score (nSPS) is 12.2. The zero-order valence-electron chi connectivity index (χ0n) is 12.7. The zero-order chi connectivity index (χ0) is 15.5. The molecular formula is C17H21NO2S. The van der Waals surface area contributed by atoms with Crippen LogP contribution in [0.5, 0.6) is 0 Å². The Balaban J connectivity index is 2.27. The Bertz CT molecular complexity index is 665. The van der Waals surface area contributed by atoms with E-state index in [0.29, 0.717) is 0 Å². The molecule has 0 unspecified atom stereocenters. The number of hydrogen-bond acceptors (Lipinski definition) is 3. The molecule has 1 aromatic heterocycles. The molecule has 0 saturated heterocycles. The SMILES string of the molecule is CC(C)(C)OC(=O)n1ccc2cc(C=CCCS)ccc21. The number of allylic oxidation sites excluding steroid dienone is 1. The Morgan fingerprint density at radius 2 is 2.10 bits per heavy atom. The predicted octanol–water partition coefficient (Wildman–Crippen LogP) is 4.76. The summed E-state index contributed by atoms with van der Waals surface area (Å²) in [5.74, 6) is 0.841. The summed E-state index contributed by atoms with van der Waals surface area (Å²) in [4.78, 5) is 12.1. The molecule has 2 aromatic rings. The van der Waals surface area contributed by atoms with Crippen molar-refractivity contribution in [2.75, 3.05) is 5.75 Å². The predicted molar refractivity (Wildman–Crippen MR) is 91.1 cm³/mol. The van der Waals surface area contributed by atoms with Gasteiger partial charge in [-0.25, -0.2) is 4.79 Å². The molecule has 1 aromatic carbocycles. The highest BCUT2D eigenvalue weighted by molar-refractivity contribution is 7.80. The van der Waals surface area contributed by atoms with Gasteiger partial charge in [0.25, 0.3) is 0 Å². The van der Waals surface area contributed by atoms with Crippen molar-refractivity contribution in [2.24, 2.45) is 0 Å². The number of benzene rings is 1. The molecule has 0 bridgehead atoms. The fraction of sp³-hybridized carbons (Fsp3) is 0.353. The van der Waals surface area contributed by atoms with Crippen LogP contribution >= 0.6 is 12.6 Å². The molecule has 0 fully saturated rings. The first kappa shape index (κ1) is 15.7. The standard InChI is InChI=1S/C17H21NO2S/c1-17(2,3)20-16(19)18-10-9-14-12-13(6-4-5-11-21)7-8-15(14)18/h4,6-10,12,21H,5,11H2,1-3H3. The van der Waals surface area contributed by atoms with E-state index in [1.54, 1.807) is 10.8 Å². The van der Waals surface area contributed by atoms with Crippen molar-refractivity contribution in [1.82, 2.24) is 4.57 Å². The van der Waals surface area contributed by atoms with Gasteiger partial charge in [-0.3, -0.25) is 4.57 Å². The van der Waals surface area contributed by atoms with Crippen molar-refractivity contribution >= 4 is 35.7 Å². The number of aromatic nitrogens is 1. The Hall–Kier alpha value is -1.68. The number of rotatable bonds is 3. The van der Waals surface area contributed by atoms with E-state index in [1.807, 2.05) is 39.0 Å². The maximum atomic E-state index is 12.1. The molecule has 1 heterocycles. The quantitative estimate of drug-likeness (QED) is 0.829. The second kappa shape index (κ2) is 6.39. The van der Waals surface area contributed by atoms with E-state index in [9.17, 15) is 4.79 Å². The largest absolute Gasteiger partial charge is 0.443 e. The van der Waals surface area contributed by atoms with Crippen molar-refractivity contribution in [3.8, 4) is 0 Å². The summed E-state index contributed by atoms with van der Waals surface area (Å²) < 4.78 is 6.94. The summed E-state index contributed by atoms with van der Waals surface area (Å²) in [6, 6.07) is 7.93. The first-order valence-corrected chi connectivity index (χ1v) is 7.66. The molecule has 3 nitrogen and oxygen atoms in total. The minimum Gasteiger partial charge on any atom is -0.443 e. The minimum atomic E-state index is -0.497. The number of thiol groups is 1. The van der Waals surface area contributed by atoms with E-state index >= 15 is 0 Å². The van der Waals surface area contributed by atoms with Crippen LogP contribution in [0.2, 0.25) is 0 Å². The highest BCUT2D eigenvalue weighted by atomic mass is 32.1. The van der Waals surface area contributed by atoms with Crippen LogP contribution in [0.25, 0.3) is 17.0 Å². The average Bonchev–Trinajstić information content (AvgIpc) is 2.80. The number of nitrogens with zero attached hydrogens (tertiary/aromatic N) is 1. The van der Waals surface area contributed by atoms with Crippen LogP contribution in [0.4, 0.5) is 4.79 Å². The first-order chi connectivity index (χ1) is 9.90. The summed E-state index contributed by atoms with van der Waals surface area (Å²) in [5.41, 5.74) is 1.48.